The maximum absolute atomic E-state index is 15.9. The predicted molar refractivity (Wildman–Crippen MR) is 571 cm³/mol. The molecule has 146 heavy (non-hydrogen) atoms. The van der Waals surface area contributed by atoms with Crippen LogP contribution in [0.4, 0.5) is 57.9 Å². The normalized spacial score (nSPS) is 21.6. The lowest BCUT2D eigenvalue weighted by atomic mass is 9.84. The van der Waals surface area contributed by atoms with Crippen LogP contribution in [0.5, 0.6) is 0 Å². The molecule has 4 saturated heterocycles. The average molecular weight is 2030 g/mol. The lowest BCUT2D eigenvalue weighted by Crippen LogP contribution is -2.54. The Labute approximate surface area is 859 Å². The van der Waals surface area contributed by atoms with Crippen molar-refractivity contribution in [2.45, 2.75) is 231 Å². The molecule has 12 aromatic rings. The Bertz CT molecular complexity index is 6220. The SMILES string of the molecule is CCCCN1CC(Nc2cc(F)c(C3c4[nH]c5ccccc5c4CC(C)N3CC(C#N)CO)c(F)c2)C1.CCCCN1CC(Nc2cc(F)c(C3c4[nH]c5ccccc5c4CC(C)N3CC(C)(C)CO)c(F)c2)C1.CCCCN1CC(Nc2cc(F)c(C3c4[nH]c5ccccc5c4CC(C)N3CC(C)CO)c(F)c2)C1.CCCCN1CC(Nc2cc(F)c(C3c4[nH]c5ccccc5c4CC(C)N3CC(Cl)CO)c(F)c2)C1. The zero-order valence-corrected chi connectivity index (χ0v) is 87.1. The highest BCUT2D eigenvalue weighted by atomic mass is 35.5. The molecule has 0 spiro atoms. The number of nitrogens with one attached hydrogen (secondary N) is 8. The summed E-state index contributed by atoms with van der Waals surface area (Å²) < 4.78 is 127. The number of hydrogen-bond donors (Lipinski definition) is 12. The first-order chi connectivity index (χ1) is 70.4. The first-order valence-electron chi connectivity index (χ1n) is 53.2. The number of fused-ring (bicyclic) bond motifs is 12. The number of rotatable bonds is 36. The summed E-state index contributed by atoms with van der Waals surface area (Å²) in [5, 5.41) is 65.7. The molecule has 0 bridgehead atoms. The second-order valence-electron chi connectivity index (χ2n) is 43.5. The van der Waals surface area contributed by atoms with E-state index in [1.807, 2.05) is 129 Å². The van der Waals surface area contributed by atoms with E-state index < -0.39 is 87.4 Å². The highest BCUT2D eigenvalue weighted by Crippen LogP contribution is 2.50. The molecule has 8 aliphatic rings. The third kappa shape index (κ3) is 23.4. The van der Waals surface area contributed by atoms with Crippen LogP contribution in [-0.2, 0) is 25.7 Å². The number of benzene rings is 8. The van der Waals surface area contributed by atoms with Crippen molar-refractivity contribution in [2.75, 3.05) is 152 Å². The van der Waals surface area contributed by atoms with Crippen molar-refractivity contribution >= 4 is 78.0 Å². The molecule has 12 heterocycles. The second kappa shape index (κ2) is 47.4. The summed E-state index contributed by atoms with van der Waals surface area (Å²) >= 11 is 6.35. The van der Waals surface area contributed by atoms with Gasteiger partial charge in [0.15, 0.2) is 0 Å². The number of halogens is 9. The molecule has 21 nitrogen and oxygen atoms in total. The Kier molecular flexibility index (Phi) is 34.8. The molecule has 4 fully saturated rings. The third-order valence-corrected chi connectivity index (χ3v) is 31.7. The Hall–Kier alpha value is -10.1. The molecule has 11 unspecified atom stereocenters. The van der Waals surface area contributed by atoms with Crippen LogP contribution in [0.25, 0.3) is 43.6 Å². The molecule has 8 aliphatic heterocycles. The van der Waals surface area contributed by atoms with Crippen LogP contribution in [0.15, 0.2) is 146 Å². The second-order valence-corrected chi connectivity index (χ2v) is 44.1. The van der Waals surface area contributed by atoms with Crippen LogP contribution in [0.1, 0.15) is 219 Å². The van der Waals surface area contributed by atoms with Crippen molar-refractivity contribution in [1.29, 1.82) is 5.26 Å². The standard InChI is InChI=1S/C30H40F2N4O.C29H35F2N5O.C29H38F2N4O.C28H35ClF2N4O/c1-5-6-11-35-15-21(16-35)33-20-13-24(31)27(25(32)14-20)29-28-23(22-9-7-8-10-26(22)34-28)12-19(2)36(29)17-30(3,4)18-37;1-3-4-9-35-15-21(16-35)33-20-11-24(30)27(25(31)12-20)29-28-23(22-7-5-6-8-26(22)34-28)10-18(2)36(29)14-19(13-32)17-37;1-4-5-10-34-15-21(16-34)32-20-12-24(30)27(25(31)13-20)29-28-23(22-8-6-7-9-26(22)33-28)11-19(3)35(29)14-18(2)17-36;1-3-4-9-34-14-20(15-34)32-19-11-23(30)26(24(31)12-19)28-27-22(21-7-5-6-8-25(21)33-27)10-17(2)35(28)13-18(29)16-36/h7-10,13-14,19,21,29,33-34,37H,5-6,11-12,15-18H2,1-4H3;5-8,11-12,18-19,21,29,33-34,37H,3-4,9-10,14-17H2,1-2H3;6-9,12-13,18-19,21,29,32-33,36H,4-5,10-11,14-17H2,1-3H3;5-8,11-12,17-18,20,28,32-33,36H,3-4,9-10,13-16H2,1-2H3. The summed E-state index contributed by atoms with van der Waals surface area (Å²) in [5.41, 5.74) is 13.0. The van der Waals surface area contributed by atoms with Crippen LogP contribution >= 0.6 is 11.6 Å². The number of nitrogens with zero attached hydrogens (tertiary/aromatic N) is 9. The predicted octanol–water partition coefficient (Wildman–Crippen LogP) is 21.1. The molecular weight excluding hydrogens is 1880 g/mol. The fraction of sp³-hybridized carbons (Fsp3) is 0.509. The highest BCUT2D eigenvalue weighted by molar-refractivity contribution is 6.20. The number of aromatic nitrogens is 4. The van der Waals surface area contributed by atoms with E-state index in [2.05, 4.69) is 130 Å². The van der Waals surface area contributed by atoms with Gasteiger partial charge in [-0.05, 0) is 206 Å². The molecule has 784 valence electrons. The summed E-state index contributed by atoms with van der Waals surface area (Å²) in [4.78, 5) is 31.5. The minimum Gasteiger partial charge on any atom is -0.396 e. The van der Waals surface area contributed by atoms with Crippen molar-refractivity contribution < 1.29 is 55.5 Å². The van der Waals surface area contributed by atoms with Crippen LogP contribution in [-0.4, -0.2) is 264 Å². The quantitative estimate of drug-likeness (QED) is 0.0129. The minimum atomic E-state index is -0.740. The Morgan fingerprint density at radius 1 is 0.377 bits per heavy atom. The maximum atomic E-state index is 15.9. The molecular formula is C116H148ClF8N17O4. The number of para-hydroxylation sites is 4. The Morgan fingerprint density at radius 3 is 0.877 bits per heavy atom. The van der Waals surface area contributed by atoms with Gasteiger partial charge in [0, 0.05) is 233 Å². The van der Waals surface area contributed by atoms with Gasteiger partial charge in [0.25, 0.3) is 0 Å². The number of likely N-dealkylation sites (tertiary alicyclic amines) is 4. The third-order valence-electron chi connectivity index (χ3n) is 31.4. The fourth-order valence-electron chi connectivity index (χ4n) is 23.6. The number of nitriles is 1. The van der Waals surface area contributed by atoms with E-state index in [1.165, 1.54) is 67.8 Å². The molecule has 4 aromatic heterocycles. The topological polar surface area (TPSA) is 242 Å². The van der Waals surface area contributed by atoms with Gasteiger partial charge < -0.3 is 61.6 Å². The van der Waals surface area contributed by atoms with Gasteiger partial charge in [-0.15, -0.1) is 11.6 Å². The molecule has 11 atom stereocenters. The van der Waals surface area contributed by atoms with Gasteiger partial charge in [0.2, 0.25) is 0 Å². The van der Waals surface area contributed by atoms with Crippen molar-refractivity contribution in [3.63, 3.8) is 0 Å². The van der Waals surface area contributed by atoms with Gasteiger partial charge in [0.1, 0.15) is 46.5 Å². The summed E-state index contributed by atoms with van der Waals surface area (Å²) in [6, 6.07) is 43.7. The van der Waals surface area contributed by atoms with Gasteiger partial charge in [-0.3, -0.25) is 39.2 Å². The highest BCUT2D eigenvalue weighted by Gasteiger charge is 2.47. The van der Waals surface area contributed by atoms with Gasteiger partial charge in [-0.2, -0.15) is 5.26 Å². The van der Waals surface area contributed by atoms with Crippen LogP contribution in [0, 0.1) is 75.1 Å². The zero-order valence-electron chi connectivity index (χ0n) is 86.4. The van der Waals surface area contributed by atoms with Gasteiger partial charge in [-0.1, -0.05) is 147 Å². The van der Waals surface area contributed by atoms with E-state index >= 15 is 35.1 Å². The molecule has 0 saturated carbocycles. The van der Waals surface area contributed by atoms with Crippen molar-refractivity contribution in [3.05, 3.63) is 259 Å². The number of unbranched alkanes of at least 4 members (excludes halogenated alkanes) is 4. The van der Waals surface area contributed by atoms with Crippen molar-refractivity contribution in [2.24, 2.45) is 17.3 Å². The van der Waals surface area contributed by atoms with Crippen molar-refractivity contribution in [3.8, 4) is 6.07 Å². The summed E-state index contributed by atoms with van der Waals surface area (Å²) in [6.07, 6.45) is 12.3. The smallest absolute Gasteiger partial charge is 0.133 e. The molecule has 0 aliphatic carbocycles. The van der Waals surface area contributed by atoms with E-state index in [9.17, 15) is 25.7 Å². The number of aliphatic hydroxyl groups is 4. The largest absolute Gasteiger partial charge is 0.396 e. The zero-order chi connectivity index (χ0) is 103. The number of alkyl halides is 1. The molecule has 30 heteroatoms. The number of aliphatic hydroxyl groups excluding tert-OH is 4. The molecule has 8 aromatic carbocycles. The number of aromatic amines is 4. The van der Waals surface area contributed by atoms with Gasteiger partial charge in [0.05, 0.1) is 78.9 Å². The molecule has 0 amide bonds. The summed E-state index contributed by atoms with van der Waals surface area (Å²) in [5.74, 6) is -5.21. The van der Waals surface area contributed by atoms with Crippen molar-refractivity contribution in [1.82, 2.24) is 59.1 Å². The van der Waals surface area contributed by atoms with Gasteiger partial charge in [-0.25, -0.2) is 35.1 Å². The van der Waals surface area contributed by atoms with Crippen LogP contribution in [0.2, 0.25) is 0 Å². The number of hydrogen-bond acceptors (Lipinski definition) is 17. The van der Waals surface area contributed by atoms with E-state index in [1.54, 1.807) is 0 Å². The lowest BCUT2D eigenvalue weighted by Gasteiger charge is -2.44. The number of H-pyrrole nitrogens is 4. The summed E-state index contributed by atoms with van der Waals surface area (Å²) in [7, 11) is 0. The van der Waals surface area contributed by atoms with E-state index in [0.717, 1.165) is 219 Å². The fourth-order valence-corrected chi connectivity index (χ4v) is 23.7. The minimum absolute atomic E-state index is 0.00696. The first-order valence-corrected chi connectivity index (χ1v) is 53.6. The van der Waals surface area contributed by atoms with Crippen LogP contribution in [0.3, 0.4) is 0 Å². The summed E-state index contributed by atoms with van der Waals surface area (Å²) in [6.45, 7) is 35.4. The maximum Gasteiger partial charge on any atom is 0.133 e. The van der Waals surface area contributed by atoms with E-state index in [0.29, 0.717) is 48.8 Å². The van der Waals surface area contributed by atoms with E-state index in [4.69, 9.17) is 11.6 Å². The molecule has 0 radical (unpaired) electrons. The monoisotopic (exact) mass is 2030 g/mol. The average Bonchev–Trinajstić information content (AvgIpc) is 1.45. The van der Waals surface area contributed by atoms with Gasteiger partial charge >= 0.3 is 0 Å². The number of anilines is 4. The molecule has 12 N–H and O–H groups in total. The lowest BCUT2D eigenvalue weighted by molar-refractivity contribution is 0.0544. The Morgan fingerprint density at radius 2 is 0.630 bits per heavy atom. The Balaban J connectivity index is 0.000000133. The molecule has 20 rings (SSSR count). The van der Waals surface area contributed by atoms with E-state index in [-0.39, 0.29) is 109 Å². The first kappa shape index (κ1) is 107. The van der Waals surface area contributed by atoms with Crippen LogP contribution < -0.4 is 21.3 Å².